The molecule has 1 aliphatic rings. The molecule has 7 nitrogen and oxygen atoms in total. The molecule has 13 heteroatoms. The van der Waals surface area contributed by atoms with Crippen molar-refractivity contribution in [2.45, 2.75) is 36.6 Å². The lowest BCUT2D eigenvalue weighted by Gasteiger charge is -2.13. The van der Waals surface area contributed by atoms with E-state index >= 15 is 4.39 Å². The zero-order chi connectivity index (χ0) is 25.8. The van der Waals surface area contributed by atoms with E-state index in [0.717, 1.165) is 37.8 Å². The summed E-state index contributed by atoms with van der Waals surface area (Å²) in [4.78, 5) is 7.49. The molecule has 1 saturated carbocycles. The van der Waals surface area contributed by atoms with Crippen LogP contribution < -0.4 is 10.5 Å². The molecule has 0 atom stereocenters. The highest BCUT2D eigenvalue weighted by Crippen LogP contribution is 2.40. The molecule has 0 unspecified atom stereocenters. The third kappa shape index (κ3) is 4.26. The van der Waals surface area contributed by atoms with Gasteiger partial charge in [-0.25, -0.2) is 31.6 Å². The van der Waals surface area contributed by atoms with Crippen molar-refractivity contribution in [3.8, 4) is 11.1 Å². The quantitative estimate of drug-likeness (QED) is 0.240. The average molecular weight is 645 g/mol. The molecular weight excluding hydrogens is 627 g/mol. The van der Waals surface area contributed by atoms with E-state index in [0.29, 0.717) is 22.2 Å². The number of rotatable bonds is 5. The van der Waals surface area contributed by atoms with Crippen molar-refractivity contribution in [1.29, 1.82) is 0 Å². The van der Waals surface area contributed by atoms with E-state index in [-0.39, 0.29) is 11.9 Å². The van der Waals surface area contributed by atoms with Crippen molar-refractivity contribution < 1.29 is 21.6 Å². The van der Waals surface area contributed by atoms with E-state index < -0.39 is 47.0 Å². The van der Waals surface area contributed by atoms with Crippen LogP contribution in [0.15, 0.2) is 50.6 Å². The molecule has 2 aromatic heterocycles. The summed E-state index contributed by atoms with van der Waals surface area (Å²) in [6, 6.07) is 4.89. The zero-order valence-corrected chi connectivity index (χ0v) is 22.4. The smallest absolute Gasteiger partial charge is 0.266 e. The van der Waals surface area contributed by atoms with Gasteiger partial charge >= 0.3 is 0 Å². The summed E-state index contributed by atoms with van der Waals surface area (Å²) in [6.45, 7) is 0. The molecule has 0 bridgehead atoms. The third-order valence-electron chi connectivity index (χ3n) is 6.22. The summed E-state index contributed by atoms with van der Waals surface area (Å²) in [7, 11) is -4.69. The molecule has 1 aliphatic carbocycles. The van der Waals surface area contributed by atoms with Crippen molar-refractivity contribution in [2.75, 3.05) is 10.5 Å². The number of fused-ring (bicyclic) bond motifs is 1. The number of hydrogen-bond acceptors (Lipinski definition) is 5. The normalized spacial score (nSPS) is 14.6. The lowest BCUT2D eigenvalue weighted by Crippen LogP contribution is -2.17. The van der Waals surface area contributed by atoms with E-state index in [1.165, 1.54) is 18.5 Å². The van der Waals surface area contributed by atoms with Crippen LogP contribution in [0.4, 0.5) is 24.7 Å². The Labute approximate surface area is 221 Å². The first-order valence-corrected chi connectivity index (χ1v) is 13.9. The fraction of sp³-hybridized carbons (Fsp3) is 0.217. The molecule has 0 aliphatic heterocycles. The summed E-state index contributed by atoms with van der Waals surface area (Å²) >= 11 is 5.55. The number of halogens is 5. The van der Waals surface area contributed by atoms with Gasteiger partial charge < -0.3 is 10.3 Å². The SMILES string of the molecule is Nc1ncnc2c1c(-c1ccc(NS(=O)(=O)c3c(F)c(Br)cc(F)c3Br)c(F)c1)cn2C1CCCC1. The van der Waals surface area contributed by atoms with Crippen LogP contribution in [0.1, 0.15) is 31.7 Å². The molecule has 3 N–H and O–H groups in total. The van der Waals surface area contributed by atoms with Crippen LogP contribution in [0.3, 0.4) is 0 Å². The molecule has 188 valence electrons. The number of nitrogens with zero attached hydrogens (tertiary/aromatic N) is 3. The van der Waals surface area contributed by atoms with Gasteiger partial charge in [-0.1, -0.05) is 18.9 Å². The van der Waals surface area contributed by atoms with Gasteiger partial charge in [0.2, 0.25) is 0 Å². The Morgan fingerprint density at radius 3 is 2.47 bits per heavy atom. The fourth-order valence-electron chi connectivity index (χ4n) is 4.54. The molecule has 2 heterocycles. The number of nitrogens with one attached hydrogen (secondary N) is 1. The summed E-state index contributed by atoms with van der Waals surface area (Å²) in [5.74, 6) is -2.89. The van der Waals surface area contributed by atoms with Gasteiger partial charge in [0.05, 0.1) is 20.0 Å². The molecule has 5 rings (SSSR count). The average Bonchev–Trinajstić information content (AvgIpc) is 3.48. The van der Waals surface area contributed by atoms with Gasteiger partial charge in [-0.15, -0.1) is 0 Å². The predicted octanol–water partition coefficient (Wildman–Crippen LogP) is 6.54. The fourth-order valence-corrected chi connectivity index (χ4v) is 7.23. The second-order valence-corrected chi connectivity index (χ2v) is 11.7. The molecule has 4 aromatic rings. The van der Waals surface area contributed by atoms with Crippen LogP contribution in [-0.4, -0.2) is 23.0 Å². The number of aromatic nitrogens is 3. The molecular formula is C23H18Br2F3N5O2S. The number of hydrogen-bond donors (Lipinski definition) is 2. The van der Waals surface area contributed by atoms with Crippen LogP contribution in [0.5, 0.6) is 0 Å². The van der Waals surface area contributed by atoms with Gasteiger partial charge in [-0.05, 0) is 68.5 Å². The summed E-state index contributed by atoms with van der Waals surface area (Å²) in [6.07, 6.45) is 7.42. The van der Waals surface area contributed by atoms with E-state index in [1.54, 1.807) is 0 Å². The minimum atomic E-state index is -4.69. The highest BCUT2D eigenvalue weighted by atomic mass is 79.9. The maximum atomic E-state index is 15.2. The monoisotopic (exact) mass is 643 g/mol. The van der Waals surface area contributed by atoms with Crippen LogP contribution in [-0.2, 0) is 10.0 Å². The van der Waals surface area contributed by atoms with E-state index in [1.807, 2.05) is 15.5 Å². The van der Waals surface area contributed by atoms with Gasteiger partial charge in [-0.2, -0.15) is 0 Å². The number of nitrogens with two attached hydrogens (primary N) is 1. The second kappa shape index (κ2) is 9.34. The highest BCUT2D eigenvalue weighted by molar-refractivity contribution is 9.11. The molecule has 1 fully saturated rings. The standard InChI is InChI=1S/C23H18Br2F3N5O2S/c24-14-8-16(27)19(25)21(20(14)28)36(34,35)32-17-6-5-11(7-15(17)26)13-9-33(12-3-1-2-4-12)23-18(13)22(29)30-10-31-23/h5-10,12,32H,1-4H2,(H2,29,30,31). The van der Waals surface area contributed by atoms with Crippen molar-refractivity contribution in [2.24, 2.45) is 0 Å². The summed E-state index contributed by atoms with van der Waals surface area (Å²) in [5, 5.41) is 0.577. The first-order valence-electron chi connectivity index (χ1n) is 10.8. The van der Waals surface area contributed by atoms with Gasteiger partial charge in [0.25, 0.3) is 10.0 Å². The molecule has 36 heavy (non-hydrogen) atoms. The Morgan fingerprint density at radius 1 is 1.06 bits per heavy atom. The number of anilines is 2. The minimum Gasteiger partial charge on any atom is -0.383 e. The van der Waals surface area contributed by atoms with Crippen LogP contribution >= 0.6 is 31.9 Å². The van der Waals surface area contributed by atoms with Gasteiger partial charge in [0.15, 0.2) is 5.82 Å². The van der Waals surface area contributed by atoms with E-state index in [2.05, 4.69) is 41.8 Å². The van der Waals surface area contributed by atoms with Crippen molar-refractivity contribution in [3.63, 3.8) is 0 Å². The number of benzene rings is 2. The Kier molecular flexibility index (Phi) is 6.50. The Hall–Kier alpha value is -2.64. The Bertz CT molecular complexity index is 1600. The van der Waals surface area contributed by atoms with E-state index in [4.69, 9.17) is 5.73 Å². The zero-order valence-electron chi connectivity index (χ0n) is 18.4. The molecule has 0 spiro atoms. The van der Waals surface area contributed by atoms with Gasteiger partial charge in [0, 0.05) is 17.8 Å². The lowest BCUT2D eigenvalue weighted by atomic mass is 10.1. The lowest BCUT2D eigenvalue weighted by molar-refractivity contribution is 0.532. The van der Waals surface area contributed by atoms with Gasteiger partial charge in [0.1, 0.15) is 34.3 Å². The maximum absolute atomic E-state index is 15.2. The van der Waals surface area contributed by atoms with Crippen molar-refractivity contribution in [1.82, 2.24) is 14.5 Å². The van der Waals surface area contributed by atoms with Crippen molar-refractivity contribution >= 4 is 64.4 Å². The first-order chi connectivity index (χ1) is 17.1. The van der Waals surface area contributed by atoms with Crippen LogP contribution in [0, 0.1) is 17.5 Å². The molecule has 0 saturated heterocycles. The second-order valence-electron chi connectivity index (χ2n) is 8.44. The van der Waals surface area contributed by atoms with Gasteiger partial charge in [-0.3, -0.25) is 4.72 Å². The Morgan fingerprint density at radius 2 is 1.78 bits per heavy atom. The predicted molar refractivity (Wildman–Crippen MR) is 137 cm³/mol. The molecule has 0 radical (unpaired) electrons. The summed E-state index contributed by atoms with van der Waals surface area (Å²) < 4.78 is 72.5. The molecule has 0 amide bonds. The number of sulfonamides is 1. The van der Waals surface area contributed by atoms with Crippen molar-refractivity contribution in [3.05, 3.63) is 63.2 Å². The first kappa shape index (κ1) is 25.0. The maximum Gasteiger partial charge on any atom is 0.266 e. The topological polar surface area (TPSA) is 103 Å². The minimum absolute atomic E-state index is 0.241. The highest BCUT2D eigenvalue weighted by Gasteiger charge is 2.29. The Balaban J connectivity index is 1.55. The molecule has 2 aromatic carbocycles. The van der Waals surface area contributed by atoms with Crippen LogP contribution in [0.25, 0.3) is 22.2 Å². The number of nitrogen functional groups attached to an aromatic ring is 1. The van der Waals surface area contributed by atoms with Crippen LogP contribution in [0.2, 0.25) is 0 Å². The van der Waals surface area contributed by atoms with E-state index in [9.17, 15) is 17.2 Å². The third-order valence-corrected chi connectivity index (χ3v) is 9.25. The summed E-state index contributed by atoms with van der Waals surface area (Å²) in [5.41, 5.74) is 7.39. The largest absolute Gasteiger partial charge is 0.383 e.